The van der Waals surface area contributed by atoms with Crippen LogP contribution < -0.4 is 0 Å². The predicted molar refractivity (Wildman–Crippen MR) is 45.8 cm³/mol. The number of carboxylic acid groups (broad SMARTS) is 1. The number of halogens is 2. The minimum absolute atomic E-state index is 0.146. The topological polar surface area (TPSA) is 61.1 Å². The first-order chi connectivity index (χ1) is 6.06. The maximum atomic E-state index is 13.0. The first-order valence-electron chi connectivity index (χ1n) is 3.18. The molecule has 3 nitrogen and oxygen atoms in total. The molecule has 1 N–H and O–H groups in total. The van der Waals surface area contributed by atoms with Crippen molar-refractivity contribution in [2.45, 2.75) is 0 Å². The Bertz CT molecular complexity index is 388. The molecule has 5 heteroatoms. The van der Waals surface area contributed by atoms with E-state index in [1.807, 2.05) is 0 Å². The van der Waals surface area contributed by atoms with Crippen LogP contribution in [0.3, 0.4) is 0 Å². The Kier molecular flexibility index (Phi) is 2.63. The monoisotopic (exact) mass is 243 g/mol. The van der Waals surface area contributed by atoms with E-state index in [4.69, 9.17) is 10.4 Å². The van der Waals surface area contributed by atoms with E-state index in [0.717, 1.165) is 6.07 Å². The van der Waals surface area contributed by atoms with Gasteiger partial charge in [0.2, 0.25) is 0 Å². The van der Waals surface area contributed by atoms with Crippen molar-refractivity contribution in [3.05, 3.63) is 33.5 Å². The average Bonchev–Trinajstić information content (AvgIpc) is 2.03. The molecule has 1 aromatic carbocycles. The molecule has 0 aromatic heterocycles. The van der Waals surface area contributed by atoms with Crippen LogP contribution in [0, 0.1) is 17.1 Å². The number of carboxylic acids is 1. The van der Waals surface area contributed by atoms with E-state index in [9.17, 15) is 9.18 Å². The van der Waals surface area contributed by atoms with E-state index in [2.05, 4.69) is 15.9 Å². The van der Waals surface area contributed by atoms with Gasteiger partial charge in [-0.05, 0) is 28.1 Å². The highest BCUT2D eigenvalue weighted by atomic mass is 79.9. The van der Waals surface area contributed by atoms with Gasteiger partial charge in [0.05, 0.1) is 5.56 Å². The van der Waals surface area contributed by atoms with Gasteiger partial charge in [-0.2, -0.15) is 5.26 Å². The van der Waals surface area contributed by atoms with Crippen LogP contribution in [0.1, 0.15) is 15.9 Å². The zero-order valence-electron chi connectivity index (χ0n) is 6.21. The average molecular weight is 244 g/mol. The van der Waals surface area contributed by atoms with Crippen molar-refractivity contribution in [2.24, 2.45) is 0 Å². The number of rotatable bonds is 1. The third-order valence-electron chi connectivity index (χ3n) is 1.40. The van der Waals surface area contributed by atoms with Crippen molar-refractivity contribution in [1.29, 1.82) is 5.26 Å². The maximum Gasteiger partial charge on any atom is 0.335 e. The molecule has 66 valence electrons. The quantitative estimate of drug-likeness (QED) is 0.823. The standard InChI is InChI=1S/C8H3BrFNO2/c9-6-1-4(8(12)13)2-7(10)5(6)3-11/h1-2H,(H,12,13). The van der Waals surface area contributed by atoms with E-state index < -0.39 is 11.8 Å². The lowest BCUT2D eigenvalue weighted by Gasteiger charge is -1.99. The van der Waals surface area contributed by atoms with Crippen LogP contribution in [0.2, 0.25) is 0 Å². The normalized spacial score (nSPS) is 9.31. The Morgan fingerprint density at radius 2 is 2.23 bits per heavy atom. The first-order valence-corrected chi connectivity index (χ1v) is 3.98. The fourth-order valence-electron chi connectivity index (χ4n) is 0.803. The van der Waals surface area contributed by atoms with Crippen molar-refractivity contribution in [3.63, 3.8) is 0 Å². The van der Waals surface area contributed by atoms with E-state index in [1.54, 1.807) is 6.07 Å². The molecular weight excluding hydrogens is 241 g/mol. The SMILES string of the molecule is N#Cc1c(F)cc(C(=O)O)cc1Br. The molecule has 13 heavy (non-hydrogen) atoms. The van der Waals surface area contributed by atoms with Crippen molar-refractivity contribution < 1.29 is 14.3 Å². The minimum Gasteiger partial charge on any atom is -0.478 e. The van der Waals surface area contributed by atoms with Gasteiger partial charge < -0.3 is 5.11 Å². The largest absolute Gasteiger partial charge is 0.478 e. The molecule has 0 saturated carbocycles. The van der Waals surface area contributed by atoms with Gasteiger partial charge in [0, 0.05) is 4.47 Å². The van der Waals surface area contributed by atoms with E-state index >= 15 is 0 Å². The van der Waals surface area contributed by atoms with Gasteiger partial charge in [-0.3, -0.25) is 0 Å². The highest BCUT2D eigenvalue weighted by molar-refractivity contribution is 9.10. The molecule has 0 amide bonds. The summed E-state index contributed by atoms with van der Waals surface area (Å²) in [5, 5.41) is 17.0. The Morgan fingerprint density at radius 1 is 1.62 bits per heavy atom. The Morgan fingerprint density at radius 3 is 2.62 bits per heavy atom. The van der Waals surface area contributed by atoms with Crippen LogP contribution in [0.25, 0.3) is 0 Å². The highest BCUT2D eigenvalue weighted by Crippen LogP contribution is 2.21. The molecule has 0 radical (unpaired) electrons. The lowest BCUT2D eigenvalue weighted by molar-refractivity contribution is 0.0696. The highest BCUT2D eigenvalue weighted by Gasteiger charge is 2.12. The number of nitriles is 1. The zero-order chi connectivity index (χ0) is 10.0. The lowest BCUT2D eigenvalue weighted by Crippen LogP contribution is -1.98. The maximum absolute atomic E-state index is 13.0. The number of nitrogens with zero attached hydrogens (tertiary/aromatic N) is 1. The van der Waals surface area contributed by atoms with E-state index in [0.29, 0.717) is 0 Å². The fourth-order valence-corrected chi connectivity index (χ4v) is 1.33. The molecular formula is C8H3BrFNO2. The summed E-state index contributed by atoms with van der Waals surface area (Å²) in [6.45, 7) is 0. The third kappa shape index (κ3) is 1.84. The lowest BCUT2D eigenvalue weighted by atomic mass is 10.1. The molecule has 0 bridgehead atoms. The molecule has 0 aliphatic heterocycles. The van der Waals surface area contributed by atoms with Crippen molar-refractivity contribution in [2.75, 3.05) is 0 Å². The molecule has 0 spiro atoms. The van der Waals surface area contributed by atoms with Crippen LogP contribution in [-0.4, -0.2) is 11.1 Å². The molecule has 0 heterocycles. The van der Waals surface area contributed by atoms with Crippen molar-refractivity contribution >= 4 is 21.9 Å². The van der Waals surface area contributed by atoms with Gasteiger partial charge >= 0.3 is 5.97 Å². The van der Waals surface area contributed by atoms with Crippen LogP contribution in [0.5, 0.6) is 0 Å². The summed E-state index contributed by atoms with van der Waals surface area (Å²) in [4.78, 5) is 10.4. The van der Waals surface area contributed by atoms with Gasteiger partial charge in [0.25, 0.3) is 0 Å². The summed E-state index contributed by atoms with van der Waals surface area (Å²) in [5.74, 6) is -2.07. The molecule has 1 aromatic rings. The summed E-state index contributed by atoms with van der Waals surface area (Å²) in [6, 6.07) is 3.61. The van der Waals surface area contributed by atoms with Gasteiger partial charge in [-0.15, -0.1) is 0 Å². The van der Waals surface area contributed by atoms with Gasteiger partial charge in [-0.25, -0.2) is 9.18 Å². The van der Waals surface area contributed by atoms with Crippen LogP contribution in [0.15, 0.2) is 16.6 Å². The van der Waals surface area contributed by atoms with E-state index in [1.165, 1.54) is 6.07 Å². The van der Waals surface area contributed by atoms with Crippen LogP contribution in [-0.2, 0) is 0 Å². The van der Waals surface area contributed by atoms with Crippen LogP contribution in [0.4, 0.5) is 4.39 Å². The fraction of sp³-hybridized carbons (Fsp3) is 0. The molecule has 1 rings (SSSR count). The molecule has 0 aliphatic rings. The van der Waals surface area contributed by atoms with Crippen LogP contribution >= 0.6 is 15.9 Å². The molecule has 0 unspecified atom stereocenters. The number of carbonyl (C=O) groups is 1. The Labute approximate surface area is 81.5 Å². The third-order valence-corrected chi connectivity index (χ3v) is 2.03. The van der Waals surface area contributed by atoms with Gasteiger partial charge in [-0.1, -0.05) is 0 Å². The first kappa shape index (κ1) is 9.68. The number of benzene rings is 1. The smallest absolute Gasteiger partial charge is 0.335 e. The molecule has 0 aliphatic carbocycles. The number of hydrogen-bond donors (Lipinski definition) is 1. The number of hydrogen-bond acceptors (Lipinski definition) is 2. The predicted octanol–water partition coefficient (Wildman–Crippen LogP) is 2.16. The van der Waals surface area contributed by atoms with Crippen molar-refractivity contribution in [1.82, 2.24) is 0 Å². The minimum atomic E-state index is -1.23. The second kappa shape index (κ2) is 3.54. The Balaban J connectivity index is 3.39. The van der Waals surface area contributed by atoms with Gasteiger partial charge in [0.1, 0.15) is 17.4 Å². The Hall–Kier alpha value is -1.41. The summed E-state index contributed by atoms with van der Waals surface area (Å²) in [5.41, 5.74) is -0.381. The molecule has 0 atom stereocenters. The zero-order valence-corrected chi connectivity index (χ0v) is 7.80. The summed E-state index contributed by atoms with van der Waals surface area (Å²) in [6.07, 6.45) is 0. The van der Waals surface area contributed by atoms with Gasteiger partial charge in [0.15, 0.2) is 0 Å². The summed E-state index contributed by atoms with van der Waals surface area (Å²) < 4.78 is 13.1. The van der Waals surface area contributed by atoms with E-state index in [-0.39, 0.29) is 15.6 Å². The second-order valence-corrected chi connectivity index (χ2v) is 3.09. The summed E-state index contributed by atoms with van der Waals surface area (Å²) in [7, 11) is 0. The van der Waals surface area contributed by atoms with Crippen molar-refractivity contribution in [3.8, 4) is 6.07 Å². The molecule has 0 fully saturated rings. The second-order valence-electron chi connectivity index (χ2n) is 2.23. The molecule has 0 saturated heterocycles. The summed E-state index contributed by atoms with van der Waals surface area (Å²) >= 11 is 2.90. The number of aromatic carboxylic acids is 1.